The lowest BCUT2D eigenvalue weighted by Gasteiger charge is -2.09. The first-order chi connectivity index (χ1) is 14.2. The predicted octanol–water partition coefficient (Wildman–Crippen LogP) is 6.46. The average molecular weight is 582 g/mol. The van der Waals surface area contributed by atoms with Crippen molar-refractivity contribution in [2.45, 2.75) is 26.7 Å². The van der Waals surface area contributed by atoms with E-state index in [9.17, 15) is 8.42 Å². The van der Waals surface area contributed by atoms with Gasteiger partial charge in [0.05, 0.1) is 19.0 Å². The van der Waals surface area contributed by atoms with Crippen LogP contribution in [0.25, 0.3) is 0 Å². The second-order valence-corrected chi connectivity index (χ2v) is 11.7. The van der Waals surface area contributed by atoms with E-state index >= 15 is 0 Å². The molecule has 0 aliphatic heterocycles. The summed E-state index contributed by atoms with van der Waals surface area (Å²) in [7, 11) is -2.89. The van der Waals surface area contributed by atoms with E-state index in [2.05, 4.69) is 45.0 Å². The van der Waals surface area contributed by atoms with Gasteiger partial charge < -0.3 is 9.47 Å². The fraction of sp³-hybridized carbons (Fsp3) is 0.455. The second-order valence-electron chi connectivity index (χ2n) is 6.75. The number of halogens is 2. The van der Waals surface area contributed by atoms with Crippen LogP contribution in [0, 0.1) is 13.8 Å². The average Bonchev–Trinajstić information content (AvgIpc) is 2.68. The van der Waals surface area contributed by atoms with Gasteiger partial charge in [-0.2, -0.15) is 11.8 Å². The summed E-state index contributed by atoms with van der Waals surface area (Å²) in [6.07, 6.45) is 4.97. The zero-order valence-electron chi connectivity index (χ0n) is 17.9. The molecule has 0 amide bonds. The van der Waals surface area contributed by atoms with Gasteiger partial charge in [-0.3, -0.25) is 0 Å². The molecule has 0 aromatic heterocycles. The molecule has 2 rings (SSSR count). The van der Waals surface area contributed by atoms with E-state index < -0.39 is 9.84 Å². The molecule has 0 aliphatic carbocycles. The number of rotatable bonds is 10. The molecule has 0 aliphatic rings. The van der Waals surface area contributed by atoms with Gasteiger partial charge in [0.1, 0.15) is 21.3 Å². The molecule has 0 saturated carbocycles. The molecule has 4 nitrogen and oxygen atoms in total. The predicted molar refractivity (Wildman–Crippen MR) is 136 cm³/mol. The summed E-state index contributed by atoms with van der Waals surface area (Å²) in [5.74, 6) is 3.11. The Morgan fingerprint density at radius 1 is 0.867 bits per heavy atom. The molecule has 0 unspecified atom stereocenters. The van der Waals surface area contributed by atoms with Gasteiger partial charge >= 0.3 is 0 Å². The molecular formula is C22H30Br2O4S2. The lowest BCUT2D eigenvalue weighted by Crippen LogP contribution is -2.08. The van der Waals surface area contributed by atoms with Crippen molar-refractivity contribution in [2.24, 2.45) is 0 Å². The van der Waals surface area contributed by atoms with Crippen molar-refractivity contribution in [1.29, 1.82) is 0 Å². The molecule has 0 radical (unpaired) electrons. The van der Waals surface area contributed by atoms with E-state index in [1.54, 1.807) is 0 Å². The zero-order chi connectivity index (χ0) is 22.6. The number of hydrogen-bond acceptors (Lipinski definition) is 5. The maximum absolute atomic E-state index is 10.9. The minimum absolute atomic E-state index is 0.167. The Balaban J connectivity index is 0.000000303. The summed E-state index contributed by atoms with van der Waals surface area (Å²) in [4.78, 5) is 0. The summed E-state index contributed by atoms with van der Waals surface area (Å²) in [5.41, 5.74) is 2.21. The Bertz CT molecular complexity index is 887. The van der Waals surface area contributed by atoms with Crippen molar-refractivity contribution in [2.75, 3.05) is 37.2 Å². The van der Waals surface area contributed by atoms with Gasteiger partial charge in [-0.1, -0.05) is 44.0 Å². The third-order valence-electron chi connectivity index (χ3n) is 4.10. The van der Waals surface area contributed by atoms with Crippen LogP contribution in [0.1, 0.15) is 24.0 Å². The highest BCUT2D eigenvalue weighted by Gasteiger charge is 2.05. The van der Waals surface area contributed by atoms with Gasteiger partial charge in [-0.25, -0.2) is 8.42 Å². The highest BCUT2D eigenvalue weighted by Crippen LogP contribution is 2.26. The van der Waals surface area contributed by atoms with Crippen LogP contribution in [0.15, 0.2) is 45.3 Å². The van der Waals surface area contributed by atoms with Gasteiger partial charge in [0.2, 0.25) is 0 Å². The van der Waals surface area contributed by atoms with Crippen LogP contribution in [0.3, 0.4) is 0 Å². The summed E-state index contributed by atoms with van der Waals surface area (Å²) in [6.45, 7) is 5.24. The summed E-state index contributed by atoms with van der Waals surface area (Å²) < 4.78 is 35.1. The minimum Gasteiger partial charge on any atom is -0.493 e. The topological polar surface area (TPSA) is 52.6 Å². The lowest BCUT2D eigenvalue weighted by molar-refractivity contribution is 0.315. The largest absolute Gasteiger partial charge is 0.493 e. The maximum Gasteiger partial charge on any atom is 0.147 e. The van der Waals surface area contributed by atoms with Gasteiger partial charge in [0, 0.05) is 26.3 Å². The van der Waals surface area contributed by atoms with Crippen molar-refractivity contribution in [1.82, 2.24) is 0 Å². The van der Waals surface area contributed by atoms with Gasteiger partial charge in [-0.15, -0.1) is 0 Å². The van der Waals surface area contributed by atoms with Crippen LogP contribution in [-0.2, 0) is 9.84 Å². The van der Waals surface area contributed by atoms with Crippen LogP contribution in [0.5, 0.6) is 11.5 Å². The summed E-state index contributed by atoms with van der Waals surface area (Å²) >= 11 is 8.75. The monoisotopic (exact) mass is 580 g/mol. The molecule has 0 atom stereocenters. The first-order valence-electron chi connectivity index (χ1n) is 9.58. The maximum atomic E-state index is 10.9. The Morgan fingerprint density at radius 3 is 1.77 bits per heavy atom. The Hall–Kier alpha value is -0.700. The number of hydrogen-bond donors (Lipinski definition) is 0. The van der Waals surface area contributed by atoms with Crippen LogP contribution in [0.4, 0.5) is 0 Å². The summed E-state index contributed by atoms with van der Waals surface area (Å²) in [5, 5.41) is 0. The Labute approximate surface area is 202 Å². The van der Waals surface area contributed by atoms with E-state index in [0.29, 0.717) is 13.0 Å². The molecule has 0 N–H and O–H groups in total. The van der Waals surface area contributed by atoms with E-state index in [1.807, 2.05) is 55.1 Å². The SMILES string of the molecule is CSCCCOc1cccc(Br)c1C.Cc1c(Br)cccc1OCCCS(C)(=O)=O. The van der Waals surface area contributed by atoms with Crippen molar-refractivity contribution in [3.05, 3.63) is 56.5 Å². The van der Waals surface area contributed by atoms with Gasteiger partial charge in [-0.05, 0) is 63.0 Å². The lowest BCUT2D eigenvalue weighted by atomic mass is 10.2. The van der Waals surface area contributed by atoms with E-state index in [-0.39, 0.29) is 5.75 Å². The van der Waals surface area contributed by atoms with Crippen molar-refractivity contribution in [3.63, 3.8) is 0 Å². The number of sulfone groups is 1. The van der Waals surface area contributed by atoms with E-state index in [0.717, 1.165) is 44.8 Å². The molecule has 2 aromatic carbocycles. The van der Waals surface area contributed by atoms with E-state index in [4.69, 9.17) is 9.47 Å². The highest BCUT2D eigenvalue weighted by molar-refractivity contribution is 9.10. The second kappa shape index (κ2) is 14.4. The van der Waals surface area contributed by atoms with Gasteiger partial charge in [0.25, 0.3) is 0 Å². The van der Waals surface area contributed by atoms with Crippen LogP contribution in [0.2, 0.25) is 0 Å². The third kappa shape index (κ3) is 11.1. The number of thioether (sulfide) groups is 1. The summed E-state index contributed by atoms with van der Waals surface area (Å²) in [6, 6.07) is 11.8. The normalized spacial score (nSPS) is 10.9. The van der Waals surface area contributed by atoms with Crippen molar-refractivity contribution in [3.8, 4) is 11.5 Å². The molecule has 2 aromatic rings. The van der Waals surface area contributed by atoms with Crippen molar-refractivity contribution < 1.29 is 17.9 Å². The molecule has 168 valence electrons. The molecule has 8 heteroatoms. The molecule has 0 heterocycles. The molecular weight excluding hydrogens is 552 g/mol. The Kier molecular flexibility index (Phi) is 13.1. The highest BCUT2D eigenvalue weighted by atomic mass is 79.9. The molecule has 30 heavy (non-hydrogen) atoms. The van der Waals surface area contributed by atoms with E-state index in [1.165, 1.54) is 11.8 Å². The quantitative estimate of drug-likeness (QED) is 0.301. The molecule has 0 fully saturated rings. The first-order valence-corrected chi connectivity index (χ1v) is 14.6. The molecule has 0 spiro atoms. The van der Waals surface area contributed by atoms with Crippen LogP contribution in [-0.4, -0.2) is 45.6 Å². The Morgan fingerprint density at radius 2 is 1.33 bits per heavy atom. The zero-order valence-corrected chi connectivity index (χ0v) is 22.7. The number of benzene rings is 2. The first kappa shape index (κ1) is 27.3. The smallest absolute Gasteiger partial charge is 0.147 e. The third-order valence-corrected chi connectivity index (χ3v) is 7.55. The molecule has 0 saturated heterocycles. The standard InChI is InChI=1S/C11H15BrO3S.C11H15BrOS/c1-9-10(12)5-3-6-11(9)15-7-4-8-16(2,13)14;1-9-10(12)5-3-6-11(9)13-7-4-8-14-2/h3,5-6H,4,7-8H2,1-2H3;3,5-6H,4,7-8H2,1-2H3. The van der Waals surface area contributed by atoms with Crippen LogP contribution >= 0.6 is 43.6 Å². The minimum atomic E-state index is -2.89. The van der Waals surface area contributed by atoms with Crippen LogP contribution < -0.4 is 9.47 Å². The number of ether oxygens (including phenoxy) is 2. The van der Waals surface area contributed by atoms with Crippen molar-refractivity contribution >= 4 is 53.5 Å². The fourth-order valence-corrected chi connectivity index (χ4v) is 4.12. The fourth-order valence-electron chi connectivity index (χ4n) is 2.38. The molecule has 0 bridgehead atoms. The van der Waals surface area contributed by atoms with Gasteiger partial charge in [0.15, 0.2) is 0 Å².